The molecule has 3 rings (SSSR count). The lowest BCUT2D eigenvalue weighted by atomic mass is 10.2. The van der Waals surface area contributed by atoms with E-state index in [4.69, 9.17) is 0 Å². The summed E-state index contributed by atoms with van der Waals surface area (Å²) in [5.74, 6) is -1.76. The van der Waals surface area contributed by atoms with Gasteiger partial charge in [-0.15, -0.1) is 0 Å². The van der Waals surface area contributed by atoms with Crippen LogP contribution >= 0.6 is 0 Å². The summed E-state index contributed by atoms with van der Waals surface area (Å²) in [5.41, 5.74) is 1.01. The predicted molar refractivity (Wildman–Crippen MR) is 72.7 cm³/mol. The van der Waals surface area contributed by atoms with Crippen LogP contribution in [0.5, 0.6) is 0 Å². The molecule has 0 aliphatic rings. The van der Waals surface area contributed by atoms with Crippen molar-refractivity contribution < 1.29 is 13.6 Å². The minimum Gasteiger partial charge on any atom is -0.348 e. The Morgan fingerprint density at radius 3 is 2.76 bits per heavy atom. The number of pyridine rings is 1. The van der Waals surface area contributed by atoms with Gasteiger partial charge < -0.3 is 9.72 Å². The van der Waals surface area contributed by atoms with E-state index < -0.39 is 17.5 Å². The zero-order chi connectivity index (χ0) is 14.8. The number of nitrogens with zero attached hydrogens (tertiary/aromatic N) is 2. The maximum Gasteiger partial charge on any atom is 0.251 e. The van der Waals surface area contributed by atoms with Gasteiger partial charge in [0.15, 0.2) is 0 Å². The van der Waals surface area contributed by atoms with E-state index in [1.807, 2.05) is 0 Å². The number of carbonyl (C=O) groups is 1. The standard InChI is InChI=1S/C15H11F2N3O/c16-13-2-1-3-14(17)12(13)8-19-15(21)10-4-5-20-9-18-7-11(20)6-10/h1-7,9H,8H2,(H,19,21). The lowest BCUT2D eigenvalue weighted by Crippen LogP contribution is -2.24. The van der Waals surface area contributed by atoms with Gasteiger partial charge in [0.1, 0.15) is 11.6 Å². The van der Waals surface area contributed by atoms with Crippen LogP contribution in [0, 0.1) is 11.6 Å². The van der Waals surface area contributed by atoms with Gasteiger partial charge >= 0.3 is 0 Å². The zero-order valence-corrected chi connectivity index (χ0v) is 10.9. The van der Waals surface area contributed by atoms with Crippen LogP contribution in [0.2, 0.25) is 0 Å². The molecule has 0 aliphatic carbocycles. The van der Waals surface area contributed by atoms with E-state index in [9.17, 15) is 13.6 Å². The average Bonchev–Trinajstić information content (AvgIpc) is 2.93. The molecule has 106 valence electrons. The molecule has 0 saturated carbocycles. The van der Waals surface area contributed by atoms with Crippen LogP contribution in [0.1, 0.15) is 15.9 Å². The number of fused-ring (bicyclic) bond motifs is 1. The van der Waals surface area contributed by atoms with E-state index in [2.05, 4.69) is 10.3 Å². The van der Waals surface area contributed by atoms with E-state index in [1.54, 1.807) is 35.3 Å². The molecule has 0 radical (unpaired) electrons. The molecule has 0 aliphatic heterocycles. The highest BCUT2D eigenvalue weighted by atomic mass is 19.1. The molecular weight excluding hydrogens is 276 g/mol. The first-order valence-electron chi connectivity index (χ1n) is 6.28. The van der Waals surface area contributed by atoms with Crippen LogP contribution in [0.15, 0.2) is 49.1 Å². The summed E-state index contributed by atoms with van der Waals surface area (Å²) >= 11 is 0. The van der Waals surface area contributed by atoms with Gasteiger partial charge in [-0.3, -0.25) is 4.79 Å². The van der Waals surface area contributed by atoms with Gasteiger partial charge in [0.2, 0.25) is 0 Å². The fraction of sp³-hybridized carbons (Fsp3) is 0.0667. The number of benzene rings is 1. The molecule has 2 heterocycles. The first-order valence-corrected chi connectivity index (χ1v) is 6.28. The minimum absolute atomic E-state index is 0.156. The second kappa shape index (κ2) is 5.32. The van der Waals surface area contributed by atoms with Gasteiger partial charge in [0.25, 0.3) is 5.91 Å². The van der Waals surface area contributed by atoms with Crippen molar-refractivity contribution in [2.24, 2.45) is 0 Å². The summed E-state index contributed by atoms with van der Waals surface area (Å²) in [5, 5.41) is 2.51. The SMILES string of the molecule is O=C(NCc1c(F)cccc1F)c1ccn2cncc2c1. The summed E-state index contributed by atoms with van der Waals surface area (Å²) in [4.78, 5) is 16.0. The lowest BCUT2D eigenvalue weighted by Gasteiger charge is -2.07. The third-order valence-electron chi connectivity index (χ3n) is 3.16. The molecule has 1 amide bonds. The fourth-order valence-corrected chi connectivity index (χ4v) is 2.03. The normalized spacial score (nSPS) is 10.8. The maximum absolute atomic E-state index is 13.5. The largest absolute Gasteiger partial charge is 0.348 e. The Kier molecular flexibility index (Phi) is 3.35. The molecule has 0 spiro atoms. The van der Waals surface area contributed by atoms with Crippen LogP contribution in [0.25, 0.3) is 5.52 Å². The second-order valence-electron chi connectivity index (χ2n) is 4.52. The third kappa shape index (κ3) is 2.60. The quantitative estimate of drug-likeness (QED) is 0.804. The van der Waals surface area contributed by atoms with Gasteiger partial charge in [0, 0.05) is 23.9 Å². The molecule has 1 aromatic carbocycles. The first kappa shape index (κ1) is 13.2. The number of aromatic nitrogens is 2. The Morgan fingerprint density at radius 2 is 2.00 bits per heavy atom. The Bertz CT molecular complexity index is 793. The number of carbonyl (C=O) groups excluding carboxylic acids is 1. The van der Waals surface area contributed by atoms with Crippen molar-refractivity contribution in [1.82, 2.24) is 14.7 Å². The van der Waals surface area contributed by atoms with Crippen molar-refractivity contribution in [2.75, 3.05) is 0 Å². The smallest absolute Gasteiger partial charge is 0.251 e. The zero-order valence-electron chi connectivity index (χ0n) is 10.9. The molecule has 0 fully saturated rings. The lowest BCUT2D eigenvalue weighted by molar-refractivity contribution is 0.0950. The average molecular weight is 287 g/mol. The van der Waals surface area contributed by atoms with Gasteiger partial charge in [-0.1, -0.05) is 6.07 Å². The Morgan fingerprint density at radius 1 is 1.24 bits per heavy atom. The summed E-state index contributed by atoms with van der Waals surface area (Å²) in [6.45, 7) is -0.207. The van der Waals surface area contributed by atoms with E-state index in [0.717, 1.165) is 17.6 Å². The number of imidazole rings is 1. The number of amides is 1. The molecule has 3 aromatic rings. The summed E-state index contributed by atoms with van der Waals surface area (Å²) < 4.78 is 28.7. The summed E-state index contributed by atoms with van der Waals surface area (Å²) in [6.07, 6.45) is 4.93. The molecule has 2 aromatic heterocycles. The Labute approximate surface area is 119 Å². The van der Waals surface area contributed by atoms with Crippen molar-refractivity contribution in [3.05, 3.63) is 71.8 Å². The molecule has 21 heavy (non-hydrogen) atoms. The number of halogens is 2. The Hall–Kier alpha value is -2.76. The fourth-order valence-electron chi connectivity index (χ4n) is 2.03. The van der Waals surface area contributed by atoms with Gasteiger partial charge in [0.05, 0.1) is 18.0 Å². The van der Waals surface area contributed by atoms with Gasteiger partial charge in [-0.05, 0) is 24.3 Å². The van der Waals surface area contributed by atoms with Crippen molar-refractivity contribution in [3.63, 3.8) is 0 Å². The van der Waals surface area contributed by atoms with Crippen LogP contribution < -0.4 is 5.32 Å². The summed E-state index contributed by atoms with van der Waals surface area (Å²) in [7, 11) is 0. The second-order valence-corrected chi connectivity index (χ2v) is 4.52. The highest BCUT2D eigenvalue weighted by Gasteiger charge is 2.11. The van der Waals surface area contributed by atoms with Crippen molar-refractivity contribution >= 4 is 11.4 Å². The molecule has 0 bridgehead atoms. The van der Waals surface area contributed by atoms with Crippen molar-refractivity contribution in [1.29, 1.82) is 0 Å². The highest BCUT2D eigenvalue weighted by molar-refractivity contribution is 5.95. The number of rotatable bonds is 3. The third-order valence-corrected chi connectivity index (χ3v) is 3.16. The van der Waals surface area contributed by atoms with Crippen LogP contribution in [0.4, 0.5) is 8.78 Å². The molecule has 0 saturated heterocycles. The molecule has 4 nitrogen and oxygen atoms in total. The topological polar surface area (TPSA) is 46.4 Å². The van der Waals surface area contributed by atoms with Gasteiger partial charge in [-0.25, -0.2) is 13.8 Å². The minimum atomic E-state index is -0.679. The van der Waals surface area contributed by atoms with E-state index in [-0.39, 0.29) is 12.1 Å². The maximum atomic E-state index is 13.5. The van der Waals surface area contributed by atoms with Crippen LogP contribution in [-0.2, 0) is 6.54 Å². The predicted octanol–water partition coefficient (Wildman–Crippen LogP) is 2.54. The molecule has 0 unspecified atom stereocenters. The first-order chi connectivity index (χ1) is 10.1. The van der Waals surface area contributed by atoms with Crippen LogP contribution in [0.3, 0.4) is 0 Å². The summed E-state index contributed by atoms with van der Waals surface area (Å²) in [6, 6.07) is 6.86. The van der Waals surface area contributed by atoms with E-state index in [0.29, 0.717) is 5.56 Å². The molecule has 6 heteroatoms. The van der Waals surface area contributed by atoms with Crippen LogP contribution in [-0.4, -0.2) is 15.3 Å². The molecular formula is C15H11F2N3O. The number of nitrogens with one attached hydrogen (secondary N) is 1. The number of hydrogen-bond donors (Lipinski definition) is 1. The monoisotopic (exact) mass is 287 g/mol. The van der Waals surface area contributed by atoms with Crippen molar-refractivity contribution in [2.45, 2.75) is 6.54 Å². The Balaban J connectivity index is 1.77. The van der Waals surface area contributed by atoms with E-state index >= 15 is 0 Å². The number of hydrogen-bond acceptors (Lipinski definition) is 2. The van der Waals surface area contributed by atoms with Gasteiger partial charge in [-0.2, -0.15) is 0 Å². The molecule has 1 N–H and O–H groups in total. The highest BCUT2D eigenvalue weighted by Crippen LogP contribution is 2.12. The van der Waals surface area contributed by atoms with Crippen molar-refractivity contribution in [3.8, 4) is 0 Å². The molecule has 0 atom stereocenters. The van der Waals surface area contributed by atoms with E-state index in [1.165, 1.54) is 6.07 Å².